The Morgan fingerprint density at radius 2 is 2.00 bits per heavy atom. The predicted octanol–water partition coefficient (Wildman–Crippen LogP) is 3.74. The zero-order valence-corrected chi connectivity index (χ0v) is 11.3. The van der Waals surface area contributed by atoms with Crippen LogP contribution in [0.5, 0.6) is 0 Å². The lowest BCUT2D eigenvalue weighted by Gasteiger charge is -2.08. The first-order chi connectivity index (χ1) is 9.20. The first-order valence-corrected chi connectivity index (χ1v) is 6.22. The normalized spacial score (nSPS) is 10.2. The number of nitrogens with one attached hydrogen (secondary N) is 1. The maximum Gasteiger partial charge on any atom is 0.255 e. The van der Waals surface area contributed by atoms with Crippen molar-refractivity contribution in [3.8, 4) is 0 Å². The highest BCUT2D eigenvalue weighted by atomic mass is 35.5. The molecule has 2 aromatic rings. The lowest BCUT2D eigenvalue weighted by Crippen LogP contribution is -2.12. The third-order valence-corrected chi connectivity index (χ3v) is 2.95. The molecule has 0 spiro atoms. The number of para-hydroxylation sites is 1. The third kappa shape index (κ3) is 3.56. The van der Waals surface area contributed by atoms with E-state index in [1.165, 1.54) is 0 Å². The highest BCUT2D eigenvalue weighted by Gasteiger charge is 2.08. The fraction of sp³-hybridized carbons (Fsp3) is 0.133. The Balaban J connectivity index is 2.16. The van der Waals surface area contributed by atoms with Crippen molar-refractivity contribution < 1.29 is 9.53 Å². The number of carbonyl (C=O) groups excluding carboxylic acids is 1. The van der Waals surface area contributed by atoms with Crippen LogP contribution in [-0.4, -0.2) is 13.0 Å². The van der Waals surface area contributed by atoms with Gasteiger partial charge in [-0.05, 0) is 29.8 Å². The minimum Gasteiger partial charge on any atom is -0.380 e. The first kappa shape index (κ1) is 13.6. The number of anilines is 1. The van der Waals surface area contributed by atoms with Gasteiger partial charge in [-0.15, -0.1) is 0 Å². The van der Waals surface area contributed by atoms with E-state index in [-0.39, 0.29) is 5.91 Å². The van der Waals surface area contributed by atoms with E-state index in [4.69, 9.17) is 16.3 Å². The molecule has 0 radical (unpaired) electrons. The molecule has 0 saturated carbocycles. The van der Waals surface area contributed by atoms with E-state index in [0.717, 1.165) is 5.56 Å². The summed E-state index contributed by atoms with van der Waals surface area (Å²) in [6, 6.07) is 14.4. The molecule has 0 unspecified atom stereocenters. The van der Waals surface area contributed by atoms with Gasteiger partial charge in [0, 0.05) is 12.7 Å². The van der Waals surface area contributed by atoms with Gasteiger partial charge in [0.25, 0.3) is 5.91 Å². The predicted molar refractivity (Wildman–Crippen MR) is 76.6 cm³/mol. The van der Waals surface area contributed by atoms with Gasteiger partial charge < -0.3 is 10.1 Å². The smallest absolute Gasteiger partial charge is 0.255 e. The van der Waals surface area contributed by atoms with Crippen molar-refractivity contribution in [2.45, 2.75) is 6.61 Å². The Hall–Kier alpha value is -1.84. The molecular weight excluding hydrogens is 262 g/mol. The summed E-state index contributed by atoms with van der Waals surface area (Å²) in [5.74, 6) is -0.189. The second-order valence-corrected chi connectivity index (χ2v) is 4.47. The van der Waals surface area contributed by atoms with E-state index in [1.807, 2.05) is 24.3 Å². The number of ether oxygens (including phenoxy) is 1. The second-order valence-electron chi connectivity index (χ2n) is 4.07. The van der Waals surface area contributed by atoms with Crippen LogP contribution in [0.1, 0.15) is 15.9 Å². The fourth-order valence-electron chi connectivity index (χ4n) is 1.73. The average molecular weight is 276 g/mol. The van der Waals surface area contributed by atoms with Gasteiger partial charge in [-0.3, -0.25) is 4.79 Å². The van der Waals surface area contributed by atoms with Crippen LogP contribution in [0.25, 0.3) is 0 Å². The maximum atomic E-state index is 12.1. The number of rotatable bonds is 4. The standard InChI is InChI=1S/C15H14ClNO2/c1-19-10-11-5-4-6-12(9-11)15(18)17-14-8-3-2-7-13(14)16/h2-9H,10H2,1H3,(H,17,18). The Bertz CT molecular complexity index is 584. The number of amides is 1. The molecule has 0 heterocycles. The maximum absolute atomic E-state index is 12.1. The zero-order chi connectivity index (χ0) is 13.7. The third-order valence-electron chi connectivity index (χ3n) is 2.62. The molecule has 0 saturated heterocycles. The topological polar surface area (TPSA) is 38.3 Å². The molecule has 1 N–H and O–H groups in total. The quantitative estimate of drug-likeness (QED) is 0.923. The van der Waals surface area contributed by atoms with Crippen LogP contribution >= 0.6 is 11.6 Å². The summed E-state index contributed by atoms with van der Waals surface area (Å²) in [5.41, 5.74) is 2.13. The zero-order valence-electron chi connectivity index (χ0n) is 10.5. The first-order valence-electron chi connectivity index (χ1n) is 5.84. The molecule has 19 heavy (non-hydrogen) atoms. The van der Waals surface area contributed by atoms with Gasteiger partial charge in [-0.1, -0.05) is 35.9 Å². The van der Waals surface area contributed by atoms with Crippen molar-refractivity contribution in [2.24, 2.45) is 0 Å². The fourth-order valence-corrected chi connectivity index (χ4v) is 1.91. The van der Waals surface area contributed by atoms with Gasteiger partial charge in [-0.25, -0.2) is 0 Å². The largest absolute Gasteiger partial charge is 0.380 e. The highest BCUT2D eigenvalue weighted by Crippen LogP contribution is 2.21. The molecule has 0 fully saturated rings. The summed E-state index contributed by atoms with van der Waals surface area (Å²) in [7, 11) is 1.62. The molecule has 98 valence electrons. The van der Waals surface area contributed by atoms with Crippen LogP contribution in [-0.2, 0) is 11.3 Å². The Kier molecular flexibility index (Phi) is 4.55. The molecule has 1 amide bonds. The summed E-state index contributed by atoms with van der Waals surface area (Å²) in [6.07, 6.45) is 0. The Morgan fingerprint density at radius 1 is 1.21 bits per heavy atom. The van der Waals surface area contributed by atoms with Gasteiger partial charge >= 0.3 is 0 Å². The number of hydrogen-bond acceptors (Lipinski definition) is 2. The number of carbonyl (C=O) groups is 1. The molecule has 2 aromatic carbocycles. The SMILES string of the molecule is COCc1cccc(C(=O)Nc2ccccc2Cl)c1. The molecule has 4 heteroatoms. The number of halogens is 1. The van der Waals surface area contributed by atoms with Crippen molar-refractivity contribution in [3.05, 3.63) is 64.7 Å². The average Bonchev–Trinajstić information content (AvgIpc) is 2.42. The van der Waals surface area contributed by atoms with E-state index < -0.39 is 0 Å². The monoisotopic (exact) mass is 275 g/mol. The van der Waals surface area contributed by atoms with Crippen LogP contribution in [0, 0.1) is 0 Å². The Labute approximate surface area is 117 Å². The van der Waals surface area contributed by atoms with Crippen LogP contribution in [0.2, 0.25) is 5.02 Å². The molecule has 0 aromatic heterocycles. The van der Waals surface area contributed by atoms with Gasteiger partial charge in [0.1, 0.15) is 0 Å². The van der Waals surface area contributed by atoms with Crippen molar-refractivity contribution in [1.29, 1.82) is 0 Å². The van der Waals surface area contributed by atoms with E-state index >= 15 is 0 Å². The highest BCUT2D eigenvalue weighted by molar-refractivity contribution is 6.33. The van der Waals surface area contributed by atoms with Crippen LogP contribution < -0.4 is 5.32 Å². The Morgan fingerprint density at radius 3 is 2.74 bits per heavy atom. The van der Waals surface area contributed by atoms with E-state index in [9.17, 15) is 4.79 Å². The summed E-state index contributed by atoms with van der Waals surface area (Å²) in [6.45, 7) is 0.479. The van der Waals surface area contributed by atoms with E-state index in [2.05, 4.69) is 5.32 Å². The number of methoxy groups -OCH3 is 1. The molecule has 3 nitrogen and oxygen atoms in total. The van der Waals surface area contributed by atoms with E-state index in [0.29, 0.717) is 22.9 Å². The summed E-state index contributed by atoms with van der Waals surface area (Å²) >= 11 is 6.00. The van der Waals surface area contributed by atoms with Gasteiger partial charge in [0.15, 0.2) is 0 Å². The van der Waals surface area contributed by atoms with Gasteiger partial charge in [-0.2, -0.15) is 0 Å². The molecule has 0 bridgehead atoms. The number of benzene rings is 2. The molecular formula is C15H14ClNO2. The summed E-state index contributed by atoms with van der Waals surface area (Å²) in [4.78, 5) is 12.1. The summed E-state index contributed by atoms with van der Waals surface area (Å²) < 4.78 is 5.05. The minimum absolute atomic E-state index is 0.189. The summed E-state index contributed by atoms with van der Waals surface area (Å²) in [5, 5.41) is 3.30. The lowest BCUT2D eigenvalue weighted by molar-refractivity contribution is 0.102. The van der Waals surface area contributed by atoms with Crippen molar-refractivity contribution in [3.63, 3.8) is 0 Å². The van der Waals surface area contributed by atoms with Gasteiger partial charge in [0.2, 0.25) is 0 Å². The second kappa shape index (κ2) is 6.36. The molecule has 0 atom stereocenters. The van der Waals surface area contributed by atoms with Crippen molar-refractivity contribution in [2.75, 3.05) is 12.4 Å². The molecule has 0 aliphatic heterocycles. The molecule has 0 aliphatic carbocycles. The van der Waals surface area contributed by atoms with Crippen molar-refractivity contribution in [1.82, 2.24) is 0 Å². The van der Waals surface area contributed by atoms with E-state index in [1.54, 1.807) is 31.4 Å². The van der Waals surface area contributed by atoms with Crippen LogP contribution in [0.15, 0.2) is 48.5 Å². The van der Waals surface area contributed by atoms with Crippen LogP contribution in [0.4, 0.5) is 5.69 Å². The minimum atomic E-state index is -0.189. The van der Waals surface area contributed by atoms with Gasteiger partial charge in [0.05, 0.1) is 17.3 Å². The van der Waals surface area contributed by atoms with Crippen LogP contribution in [0.3, 0.4) is 0 Å². The molecule has 2 rings (SSSR count). The lowest BCUT2D eigenvalue weighted by atomic mass is 10.1. The molecule has 0 aliphatic rings. The number of hydrogen-bond donors (Lipinski definition) is 1. The van der Waals surface area contributed by atoms with Crippen molar-refractivity contribution >= 4 is 23.2 Å².